The summed E-state index contributed by atoms with van der Waals surface area (Å²) in [6.07, 6.45) is 13.9. The molecule has 0 bridgehead atoms. The van der Waals surface area contributed by atoms with Crippen molar-refractivity contribution < 1.29 is 0 Å². The predicted molar refractivity (Wildman–Crippen MR) is 86.2 cm³/mol. The summed E-state index contributed by atoms with van der Waals surface area (Å²) >= 11 is 0. The van der Waals surface area contributed by atoms with Gasteiger partial charge in [-0.3, -0.25) is 0 Å². The Morgan fingerprint density at radius 3 is 2.15 bits per heavy atom. The molecule has 2 fully saturated rings. The van der Waals surface area contributed by atoms with E-state index in [0.29, 0.717) is 6.04 Å². The summed E-state index contributed by atoms with van der Waals surface area (Å²) in [6, 6.07) is 10.3. The second-order valence-electron chi connectivity index (χ2n) is 6.78. The van der Waals surface area contributed by atoms with Gasteiger partial charge in [0.15, 0.2) is 0 Å². The van der Waals surface area contributed by atoms with Gasteiger partial charge < -0.3 is 5.32 Å². The van der Waals surface area contributed by atoms with Crippen molar-refractivity contribution in [3.63, 3.8) is 0 Å². The first-order valence-electron chi connectivity index (χ1n) is 8.74. The Balaban J connectivity index is 1.58. The first kappa shape index (κ1) is 14.1. The Hall–Kier alpha value is -0.820. The molecule has 110 valence electrons. The third-order valence-electron chi connectivity index (χ3n) is 5.20. The number of hydrogen-bond acceptors (Lipinski definition) is 1. The molecule has 20 heavy (non-hydrogen) atoms. The molecule has 1 aliphatic heterocycles. The van der Waals surface area contributed by atoms with Crippen molar-refractivity contribution in [2.75, 3.05) is 6.54 Å². The van der Waals surface area contributed by atoms with Crippen LogP contribution in [0.2, 0.25) is 0 Å². The lowest BCUT2D eigenvalue weighted by Gasteiger charge is -2.23. The summed E-state index contributed by atoms with van der Waals surface area (Å²) in [7, 11) is 0. The molecule has 3 rings (SSSR count). The van der Waals surface area contributed by atoms with Gasteiger partial charge in [0, 0.05) is 6.04 Å². The SMILES string of the molecule is c1cc(C2CCCCCC2)ccc1CC1CCCCN1. The smallest absolute Gasteiger partial charge is 0.0107 e. The normalized spacial score (nSPS) is 25.3. The van der Waals surface area contributed by atoms with E-state index in [9.17, 15) is 0 Å². The second kappa shape index (κ2) is 7.26. The van der Waals surface area contributed by atoms with Crippen molar-refractivity contribution in [1.29, 1.82) is 0 Å². The molecular formula is C19H29N. The number of nitrogens with one attached hydrogen (secondary N) is 1. The predicted octanol–water partition coefficient (Wildman–Crippen LogP) is 4.81. The van der Waals surface area contributed by atoms with E-state index in [1.807, 2.05) is 0 Å². The van der Waals surface area contributed by atoms with Gasteiger partial charge in [0.1, 0.15) is 0 Å². The van der Waals surface area contributed by atoms with Gasteiger partial charge in [-0.15, -0.1) is 0 Å². The molecule has 1 heteroatoms. The van der Waals surface area contributed by atoms with Gasteiger partial charge in [0.25, 0.3) is 0 Å². The molecule has 1 saturated heterocycles. The zero-order valence-corrected chi connectivity index (χ0v) is 12.7. The first-order chi connectivity index (χ1) is 9.92. The number of rotatable bonds is 3. The highest BCUT2D eigenvalue weighted by molar-refractivity contribution is 5.26. The van der Waals surface area contributed by atoms with Crippen LogP contribution < -0.4 is 5.32 Å². The average Bonchev–Trinajstić information content (AvgIpc) is 2.78. The van der Waals surface area contributed by atoms with Gasteiger partial charge in [-0.25, -0.2) is 0 Å². The molecule has 1 aromatic carbocycles. The largest absolute Gasteiger partial charge is 0.314 e. The summed E-state index contributed by atoms with van der Waals surface area (Å²) < 4.78 is 0. The molecule has 1 nitrogen and oxygen atoms in total. The molecule has 0 amide bonds. The lowest BCUT2D eigenvalue weighted by Crippen LogP contribution is -2.35. The van der Waals surface area contributed by atoms with Gasteiger partial charge in [-0.1, -0.05) is 56.4 Å². The Morgan fingerprint density at radius 1 is 0.800 bits per heavy atom. The molecule has 2 aliphatic rings. The van der Waals surface area contributed by atoms with Crippen LogP contribution in [0.1, 0.15) is 74.8 Å². The summed E-state index contributed by atoms with van der Waals surface area (Å²) in [5, 5.41) is 3.65. The van der Waals surface area contributed by atoms with Crippen molar-refractivity contribution in [1.82, 2.24) is 5.32 Å². The third-order valence-corrected chi connectivity index (χ3v) is 5.20. The molecule has 1 N–H and O–H groups in total. The molecule has 1 unspecified atom stereocenters. The fourth-order valence-electron chi connectivity index (χ4n) is 3.92. The van der Waals surface area contributed by atoms with Crippen LogP contribution in [0, 0.1) is 0 Å². The monoisotopic (exact) mass is 271 g/mol. The standard InChI is InChI=1S/C19H29N/c1-2-4-8-17(7-3-1)18-12-10-16(11-13-18)15-19-9-5-6-14-20-19/h10-13,17,19-20H,1-9,14-15H2. The Kier molecular flexibility index (Phi) is 5.13. The van der Waals surface area contributed by atoms with Crippen LogP contribution in [0.3, 0.4) is 0 Å². The summed E-state index contributed by atoms with van der Waals surface area (Å²) in [5.74, 6) is 0.833. The quantitative estimate of drug-likeness (QED) is 0.778. The molecule has 1 aliphatic carbocycles. The van der Waals surface area contributed by atoms with E-state index in [-0.39, 0.29) is 0 Å². The number of hydrogen-bond donors (Lipinski definition) is 1. The van der Waals surface area contributed by atoms with Gasteiger partial charge in [-0.2, -0.15) is 0 Å². The van der Waals surface area contributed by atoms with Gasteiger partial charge >= 0.3 is 0 Å². The highest BCUT2D eigenvalue weighted by Crippen LogP contribution is 2.31. The lowest BCUT2D eigenvalue weighted by molar-refractivity contribution is 0.399. The van der Waals surface area contributed by atoms with Crippen molar-refractivity contribution >= 4 is 0 Å². The van der Waals surface area contributed by atoms with Crippen molar-refractivity contribution in [2.45, 2.75) is 76.2 Å². The lowest BCUT2D eigenvalue weighted by atomic mass is 9.90. The van der Waals surface area contributed by atoms with Crippen molar-refractivity contribution in [2.24, 2.45) is 0 Å². The highest BCUT2D eigenvalue weighted by atomic mass is 14.9. The Labute approximate surface area is 124 Å². The van der Waals surface area contributed by atoms with Crippen LogP contribution in [-0.2, 0) is 6.42 Å². The van der Waals surface area contributed by atoms with Crippen LogP contribution >= 0.6 is 0 Å². The maximum Gasteiger partial charge on any atom is 0.0107 e. The zero-order valence-electron chi connectivity index (χ0n) is 12.7. The third kappa shape index (κ3) is 3.85. The Bertz CT molecular complexity index is 381. The summed E-state index contributed by atoms with van der Waals surface area (Å²) in [6.45, 7) is 1.21. The second-order valence-corrected chi connectivity index (χ2v) is 6.78. The zero-order chi connectivity index (χ0) is 13.6. The van der Waals surface area contributed by atoms with E-state index in [1.54, 1.807) is 5.56 Å². The van der Waals surface area contributed by atoms with Crippen LogP contribution in [0.25, 0.3) is 0 Å². The van der Waals surface area contributed by atoms with Crippen molar-refractivity contribution in [3.8, 4) is 0 Å². The number of benzene rings is 1. The first-order valence-corrected chi connectivity index (χ1v) is 8.74. The molecule has 0 spiro atoms. The molecule has 1 atom stereocenters. The average molecular weight is 271 g/mol. The minimum absolute atomic E-state index is 0.715. The van der Waals surface area contributed by atoms with Crippen LogP contribution in [0.15, 0.2) is 24.3 Å². The molecule has 1 saturated carbocycles. The maximum atomic E-state index is 3.65. The molecule has 0 aromatic heterocycles. The van der Waals surface area contributed by atoms with E-state index < -0.39 is 0 Å². The Morgan fingerprint density at radius 2 is 1.50 bits per heavy atom. The fourth-order valence-corrected chi connectivity index (χ4v) is 3.92. The summed E-state index contributed by atoms with van der Waals surface area (Å²) in [4.78, 5) is 0. The van der Waals surface area contributed by atoms with Crippen LogP contribution in [-0.4, -0.2) is 12.6 Å². The van der Waals surface area contributed by atoms with E-state index in [1.165, 1.54) is 76.3 Å². The van der Waals surface area contributed by atoms with E-state index in [2.05, 4.69) is 29.6 Å². The van der Waals surface area contributed by atoms with E-state index in [0.717, 1.165) is 5.92 Å². The fraction of sp³-hybridized carbons (Fsp3) is 0.684. The highest BCUT2D eigenvalue weighted by Gasteiger charge is 2.15. The van der Waals surface area contributed by atoms with Gasteiger partial charge in [0.2, 0.25) is 0 Å². The van der Waals surface area contributed by atoms with Crippen molar-refractivity contribution in [3.05, 3.63) is 35.4 Å². The minimum atomic E-state index is 0.715. The minimum Gasteiger partial charge on any atom is -0.314 e. The van der Waals surface area contributed by atoms with E-state index >= 15 is 0 Å². The van der Waals surface area contributed by atoms with Gasteiger partial charge in [0.05, 0.1) is 0 Å². The number of piperidine rings is 1. The molecular weight excluding hydrogens is 242 g/mol. The van der Waals surface area contributed by atoms with E-state index in [4.69, 9.17) is 0 Å². The molecule has 0 radical (unpaired) electrons. The maximum absolute atomic E-state index is 3.65. The topological polar surface area (TPSA) is 12.0 Å². The molecule has 1 aromatic rings. The van der Waals surface area contributed by atoms with Gasteiger partial charge in [-0.05, 0) is 55.7 Å². The summed E-state index contributed by atoms with van der Waals surface area (Å²) in [5.41, 5.74) is 3.11. The molecule has 1 heterocycles. The van der Waals surface area contributed by atoms with Crippen LogP contribution in [0.4, 0.5) is 0 Å². The van der Waals surface area contributed by atoms with Crippen LogP contribution in [0.5, 0.6) is 0 Å².